The number of halogens is 1. The molecule has 2 aliphatic heterocycles. The van der Waals surface area contributed by atoms with E-state index in [2.05, 4.69) is 26.2 Å². The third kappa shape index (κ3) is 2.67. The fraction of sp³-hybridized carbons (Fsp3) is 0.444. The average molecular weight is 390 g/mol. The molecule has 126 valence electrons. The second kappa shape index (κ2) is 6.01. The molecule has 0 aliphatic carbocycles. The number of piperidine rings is 1. The Morgan fingerprint density at radius 2 is 2.00 bits per heavy atom. The van der Waals surface area contributed by atoms with Gasteiger partial charge in [-0.3, -0.25) is 9.59 Å². The first-order valence-corrected chi connectivity index (χ1v) is 9.19. The van der Waals surface area contributed by atoms with Crippen molar-refractivity contribution in [2.24, 2.45) is 5.41 Å². The summed E-state index contributed by atoms with van der Waals surface area (Å²) in [6, 6.07) is 7.06. The summed E-state index contributed by atoms with van der Waals surface area (Å²) in [5.41, 5.74) is 1.30. The maximum atomic E-state index is 13.0. The number of nitrogens with zero attached hydrogens (tertiary/aromatic N) is 1. The Labute approximate surface area is 148 Å². The molecule has 1 aromatic carbocycles. The molecule has 2 N–H and O–H groups in total. The lowest BCUT2D eigenvalue weighted by Gasteiger charge is -2.39. The van der Waals surface area contributed by atoms with Crippen molar-refractivity contribution in [3.8, 4) is 0 Å². The number of para-hydroxylation sites is 1. The van der Waals surface area contributed by atoms with E-state index in [9.17, 15) is 9.59 Å². The van der Waals surface area contributed by atoms with Gasteiger partial charge in [-0.15, -0.1) is 0 Å². The van der Waals surface area contributed by atoms with Crippen LogP contribution in [0.2, 0.25) is 0 Å². The molecule has 0 unspecified atom stereocenters. The van der Waals surface area contributed by atoms with E-state index in [1.807, 2.05) is 23.1 Å². The summed E-state index contributed by atoms with van der Waals surface area (Å²) < 4.78 is 0.793. The summed E-state index contributed by atoms with van der Waals surface area (Å²) in [6.45, 7) is 3.68. The molecule has 6 heteroatoms. The van der Waals surface area contributed by atoms with Gasteiger partial charge in [0.15, 0.2) is 0 Å². The molecular weight excluding hydrogens is 370 g/mol. The standard InChI is InChI=1S/C18H20BrN3O2/c19-14-3-1-2-12-13(10-15(23)21-16(12)14)17(24)22-8-5-18(6-9-22)4-7-20-11-18/h1-3,10,20H,4-9,11H2,(H,21,23). The number of nitrogens with one attached hydrogen (secondary N) is 2. The van der Waals surface area contributed by atoms with E-state index in [-0.39, 0.29) is 11.5 Å². The lowest BCUT2D eigenvalue weighted by molar-refractivity contribution is 0.0609. The minimum Gasteiger partial charge on any atom is -0.339 e. The smallest absolute Gasteiger partial charge is 0.254 e. The molecule has 1 aromatic heterocycles. The maximum absolute atomic E-state index is 13.0. The normalized spacial score (nSPS) is 20.0. The Balaban J connectivity index is 1.65. The number of hydrogen-bond acceptors (Lipinski definition) is 3. The first-order chi connectivity index (χ1) is 11.6. The fourth-order valence-corrected chi connectivity index (χ4v) is 4.46. The van der Waals surface area contributed by atoms with E-state index >= 15 is 0 Å². The molecular formula is C18H20BrN3O2. The molecule has 2 aromatic rings. The summed E-state index contributed by atoms with van der Waals surface area (Å²) in [7, 11) is 0. The zero-order valence-electron chi connectivity index (χ0n) is 13.4. The van der Waals surface area contributed by atoms with Gasteiger partial charge in [0.1, 0.15) is 0 Å². The van der Waals surface area contributed by atoms with Crippen molar-refractivity contribution in [1.82, 2.24) is 15.2 Å². The summed E-state index contributed by atoms with van der Waals surface area (Å²) >= 11 is 3.45. The molecule has 0 atom stereocenters. The number of hydrogen-bond donors (Lipinski definition) is 2. The zero-order valence-corrected chi connectivity index (χ0v) is 15.0. The van der Waals surface area contributed by atoms with Crippen LogP contribution in [-0.4, -0.2) is 42.0 Å². The molecule has 0 radical (unpaired) electrons. The Bertz CT molecular complexity index is 845. The van der Waals surface area contributed by atoms with Crippen molar-refractivity contribution in [1.29, 1.82) is 0 Å². The molecule has 3 heterocycles. The van der Waals surface area contributed by atoms with Crippen LogP contribution >= 0.6 is 15.9 Å². The number of likely N-dealkylation sites (tertiary alicyclic amines) is 1. The number of amides is 1. The monoisotopic (exact) mass is 389 g/mol. The topological polar surface area (TPSA) is 65.2 Å². The van der Waals surface area contributed by atoms with Gasteiger partial charge in [0.2, 0.25) is 5.56 Å². The van der Waals surface area contributed by atoms with Gasteiger partial charge < -0.3 is 15.2 Å². The highest BCUT2D eigenvalue weighted by atomic mass is 79.9. The highest BCUT2D eigenvalue weighted by Crippen LogP contribution is 2.37. The Morgan fingerprint density at radius 3 is 2.71 bits per heavy atom. The Hall–Kier alpha value is -1.66. The first kappa shape index (κ1) is 15.8. The maximum Gasteiger partial charge on any atom is 0.254 e. The molecule has 1 amide bonds. The molecule has 5 nitrogen and oxygen atoms in total. The van der Waals surface area contributed by atoms with Crippen LogP contribution in [0.4, 0.5) is 0 Å². The average Bonchev–Trinajstić information content (AvgIpc) is 3.03. The molecule has 2 fully saturated rings. The highest BCUT2D eigenvalue weighted by Gasteiger charge is 2.38. The predicted octanol–water partition coefficient (Wildman–Crippen LogP) is 2.51. The summed E-state index contributed by atoms with van der Waals surface area (Å²) in [5.74, 6) is -0.0370. The van der Waals surface area contributed by atoms with Gasteiger partial charge in [0.05, 0.1) is 11.1 Å². The Kier molecular flexibility index (Phi) is 3.96. The molecule has 0 bridgehead atoms. The first-order valence-electron chi connectivity index (χ1n) is 8.40. The van der Waals surface area contributed by atoms with Crippen LogP contribution in [0.3, 0.4) is 0 Å². The molecule has 1 spiro atoms. The van der Waals surface area contributed by atoms with Crippen molar-refractivity contribution >= 4 is 32.7 Å². The van der Waals surface area contributed by atoms with Crippen LogP contribution < -0.4 is 10.9 Å². The van der Waals surface area contributed by atoms with E-state index in [0.717, 1.165) is 48.9 Å². The van der Waals surface area contributed by atoms with Crippen LogP contribution in [0.1, 0.15) is 29.6 Å². The van der Waals surface area contributed by atoms with Gasteiger partial charge in [0.25, 0.3) is 5.91 Å². The second-order valence-corrected chi connectivity index (χ2v) is 7.78. The number of H-pyrrole nitrogens is 1. The van der Waals surface area contributed by atoms with Crippen LogP contribution in [0.5, 0.6) is 0 Å². The number of fused-ring (bicyclic) bond motifs is 1. The van der Waals surface area contributed by atoms with Gasteiger partial charge in [-0.1, -0.05) is 12.1 Å². The predicted molar refractivity (Wildman–Crippen MR) is 97.3 cm³/mol. The minimum atomic E-state index is -0.244. The van der Waals surface area contributed by atoms with Gasteiger partial charge in [0, 0.05) is 35.6 Å². The van der Waals surface area contributed by atoms with Crippen molar-refractivity contribution < 1.29 is 4.79 Å². The van der Waals surface area contributed by atoms with Gasteiger partial charge in [-0.05, 0) is 53.2 Å². The van der Waals surface area contributed by atoms with Crippen molar-refractivity contribution in [2.75, 3.05) is 26.2 Å². The van der Waals surface area contributed by atoms with E-state index in [1.54, 1.807) is 0 Å². The third-order valence-electron chi connectivity index (χ3n) is 5.50. The third-order valence-corrected chi connectivity index (χ3v) is 6.16. The molecule has 2 aliphatic rings. The lowest BCUT2D eigenvalue weighted by Crippen LogP contribution is -2.44. The van der Waals surface area contributed by atoms with Crippen LogP contribution in [-0.2, 0) is 0 Å². The van der Waals surface area contributed by atoms with Crippen molar-refractivity contribution in [2.45, 2.75) is 19.3 Å². The van der Waals surface area contributed by atoms with Crippen LogP contribution in [0, 0.1) is 5.41 Å². The molecule has 2 saturated heterocycles. The Morgan fingerprint density at radius 1 is 1.21 bits per heavy atom. The van der Waals surface area contributed by atoms with E-state index in [0.29, 0.717) is 16.5 Å². The number of rotatable bonds is 1. The zero-order chi connectivity index (χ0) is 16.7. The van der Waals surface area contributed by atoms with Crippen LogP contribution in [0.15, 0.2) is 33.5 Å². The summed E-state index contributed by atoms with van der Waals surface area (Å²) in [4.78, 5) is 29.7. The summed E-state index contributed by atoms with van der Waals surface area (Å²) in [6.07, 6.45) is 3.28. The quantitative estimate of drug-likeness (QED) is 0.787. The molecule has 4 rings (SSSR count). The van der Waals surface area contributed by atoms with E-state index in [4.69, 9.17) is 0 Å². The fourth-order valence-electron chi connectivity index (χ4n) is 4.00. The number of carbonyl (C=O) groups excluding carboxylic acids is 1. The second-order valence-electron chi connectivity index (χ2n) is 6.93. The summed E-state index contributed by atoms with van der Waals surface area (Å²) in [5, 5.41) is 4.23. The van der Waals surface area contributed by atoms with Crippen LogP contribution in [0.25, 0.3) is 10.9 Å². The highest BCUT2D eigenvalue weighted by molar-refractivity contribution is 9.10. The number of pyridine rings is 1. The molecule has 0 saturated carbocycles. The largest absolute Gasteiger partial charge is 0.339 e. The number of aromatic amines is 1. The number of benzene rings is 1. The van der Waals surface area contributed by atoms with E-state index in [1.165, 1.54) is 12.5 Å². The van der Waals surface area contributed by atoms with Crippen molar-refractivity contribution in [3.05, 3.63) is 44.7 Å². The minimum absolute atomic E-state index is 0.0370. The number of aromatic nitrogens is 1. The van der Waals surface area contributed by atoms with Gasteiger partial charge in [-0.25, -0.2) is 0 Å². The lowest BCUT2D eigenvalue weighted by atomic mass is 9.77. The molecule has 24 heavy (non-hydrogen) atoms. The number of carbonyl (C=O) groups is 1. The van der Waals surface area contributed by atoms with Gasteiger partial charge >= 0.3 is 0 Å². The van der Waals surface area contributed by atoms with E-state index < -0.39 is 0 Å². The SMILES string of the molecule is O=C(c1cc(=O)[nH]c2c(Br)cccc12)N1CCC2(CCNC2)CC1. The van der Waals surface area contributed by atoms with Gasteiger partial charge in [-0.2, -0.15) is 0 Å². The van der Waals surface area contributed by atoms with Crippen molar-refractivity contribution in [3.63, 3.8) is 0 Å².